The third kappa shape index (κ3) is 4.48. The Morgan fingerprint density at radius 2 is 1.88 bits per heavy atom. The van der Waals surface area contributed by atoms with Crippen LogP contribution in [0.3, 0.4) is 0 Å². The maximum Gasteiger partial charge on any atom is 0.267 e. The van der Waals surface area contributed by atoms with Gasteiger partial charge in [-0.05, 0) is 43.9 Å². The molecule has 8 heteroatoms. The minimum absolute atomic E-state index is 0.0760. The third-order valence-electron chi connectivity index (χ3n) is 6.07. The van der Waals surface area contributed by atoms with Crippen LogP contribution in [0.25, 0.3) is 11.7 Å². The molecule has 6 nitrogen and oxygen atoms in total. The molecule has 1 amide bonds. The molecule has 1 aliphatic carbocycles. The van der Waals surface area contributed by atoms with Crippen LogP contribution in [0.2, 0.25) is 0 Å². The molecule has 0 bridgehead atoms. The van der Waals surface area contributed by atoms with Crippen molar-refractivity contribution in [3.8, 4) is 0 Å². The predicted molar refractivity (Wildman–Crippen MR) is 136 cm³/mol. The summed E-state index contributed by atoms with van der Waals surface area (Å²) in [5.41, 5.74) is 0.905. The van der Waals surface area contributed by atoms with E-state index < -0.39 is 0 Å². The number of carbonyl (C=O) groups is 1. The van der Waals surface area contributed by atoms with Gasteiger partial charge in [-0.15, -0.1) is 0 Å². The Morgan fingerprint density at radius 1 is 1.16 bits per heavy atom. The average molecular weight is 471 g/mol. The molecule has 2 aliphatic rings. The Hall–Kier alpha value is -2.19. The number of carbonyl (C=O) groups excluding carboxylic acids is 1. The summed E-state index contributed by atoms with van der Waals surface area (Å²) >= 11 is 6.89. The number of hydrogen-bond acceptors (Lipinski definition) is 6. The molecule has 1 saturated carbocycles. The van der Waals surface area contributed by atoms with E-state index >= 15 is 0 Å². The van der Waals surface area contributed by atoms with Crippen molar-refractivity contribution in [1.82, 2.24) is 14.3 Å². The van der Waals surface area contributed by atoms with Gasteiger partial charge in [-0.25, -0.2) is 4.98 Å². The number of rotatable bonds is 7. The van der Waals surface area contributed by atoms with Gasteiger partial charge in [0.05, 0.1) is 10.5 Å². The number of fused-ring (bicyclic) bond motifs is 1. The van der Waals surface area contributed by atoms with E-state index in [2.05, 4.69) is 18.7 Å². The van der Waals surface area contributed by atoms with E-state index in [9.17, 15) is 9.59 Å². The fourth-order valence-electron chi connectivity index (χ4n) is 4.59. The summed E-state index contributed by atoms with van der Waals surface area (Å²) < 4.78 is 2.15. The topological polar surface area (TPSA) is 57.9 Å². The monoisotopic (exact) mass is 470 g/mol. The molecule has 0 N–H and O–H groups in total. The SMILES string of the molecule is CCCN(CCC)c1nc2ccccn2c(=O)c1/C=C1\SC(=S)N(C2CCCCC2)C1=O. The van der Waals surface area contributed by atoms with E-state index in [1.54, 1.807) is 21.6 Å². The van der Waals surface area contributed by atoms with Crippen LogP contribution >= 0.6 is 24.0 Å². The van der Waals surface area contributed by atoms with Crippen LogP contribution in [0.15, 0.2) is 34.1 Å². The summed E-state index contributed by atoms with van der Waals surface area (Å²) in [5.74, 6) is 0.570. The highest BCUT2D eigenvalue weighted by atomic mass is 32.2. The standard InChI is InChI=1S/C24H30N4O2S2/c1-3-13-26(14-4-2)21-18(22(29)27-15-9-8-12-20(27)25-21)16-19-23(30)28(24(31)32-19)17-10-6-5-7-11-17/h8-9,12,15-17H,3-7,10-11,13-14H2,1-2H3/b19-16-. The van der Waals surface area contributed by atoms with Gasteiger partial charge in [0.15, 0.2) is 0 Å². The second kappa shape index (κ2) is 10.2. The molecule has 170 valence electrons. The third-order valence-corrected chi connectivity index (χ3v) is 7.40. The van der Waals surface area contributed by atoms with Crippen LogP contribution in [-0.4, -0.2) is 43.6 Å². The summed E-state index contributed by atoms with van der Waals surface area (Å²) in [7, 11) is 0. The van der Waals surface area contributed by atoms with Crippen LogP contribution < -0.4 is 10.5 Å². The summed E-state index contributed by atoms with van der Waals surface area (Å²) in [6.07, 6.45) is 10.8. The minimum atomic E-state index is -0.161. The maximum atomic E-state index is 13.5. The molecule has 32 heavy (non-hydrogen) atoms. The molecule has 0 radical (unpaired) electrons. The van der Waals surface area contributed by atoms with Gasteiger partial charge < -0.3 is 4.90 Å². The Bertz CT molecular complexity index is 1100. The van der Waals surface area contributed by atoms with Gasteiger partial charge in [-0.1, -0.05) is 63.2 Å². The molecule has 1 saturated heterocycles. The number of hydrogen-bond donors (Lipinski definition) is 0. The highest BCUT2D eigenvalue weighted by Gasteiger charge is 2.38. The lowest BCUT2D eigenvalue weighted by Crippen LogP contribution is -2.39. The first-order valence-corrected chi connectivity index (χ1v) is 12.8. The second-order valence-corrected chi connectivity index (χ2v) is 10.1. The molecule has 2 aromatic rings. The van der Waals surface area contributed by atoms with Crippen LogP contribution in [0, 0.1) is 0 Å². The number of aromatic nitrogens is 2. The lowest BCUT2D eigenvalue weighted by molar-refractivity contribution is -0.124. The van der Waals surface area contributed by atoms with E-state index in [1.165, 1.54) is 18.2 Å². The summed E-state index contributed by atoms with van der Waals surface area (Å²) in [4.78, 5) is 36.1. The molecule has 2 fully saturated rings. The van der Waals surface area contributed by atoms with E-state index in [1.807, 2.05) is 18.2 Å². The molecule has 3 heterocycles. The zero-order valence-electron chi connectivity index (χ0n) is 18.7. The van der Waals surface area contributed by atoms with Crippen molar-refractivity contribution >= 4 is 51.7 Å². The van der Waals surface area contributed by atoms with Crippen molar-refractivity contribution < 1.29 is 4.79 Å². The predicted octanol–water partition coefficient (Wildman–Crippen LogP) is 4.85. The van der Waals surface area contributed by atoms with Gasteiger partial charge in [-0.2, -0.15) is 0 Å². The number of pyridine rings is 1. The van der Waals surface area contributed by atoms with Crippen molar-refractivity contribution in [1.29, 1.82) is 0 Å². The van der Waals surface area contributed by atoms with E-state index in [0.29, 0.717) is 26.3 Å². The van der Waals surface area contributed by atoms with Gasteiger partial charge in [-0.3, -0.25) is 18.9 Å². The first-order valence-electron chi connectivity index (χ1n) is 11.6. The van der Waals surface area contributed by atoms with Gasteiger partial charge in [0.2, 0.25) is 0 Å². The Labute approximate surface area is 198 Å². The smallest absolute Gasteiger partial charge is 0.267 e. The van der Waals surface area contributed by atoms with Crippen molar-refractivity contribution in [2.75, 3.05) is 18.0 Å². The zero-order valence-corrected chi connectivity index (χ0v) is 20.4. The van der Waals surface area contributed by atoms with Gasteiger partial charge >= 0.3 is 0 Å². The number of anilines is 1. The van der Waals surface area contributed by atoms with Crippen LogP contribution in [-0.2, 0) is 4.79 Å². The summed E-state index contributed by atoms with van der Waals surface area (Å²) in [5, 5.41) is 0. The van der Waals surface area contributed by atoms with Crippen LogP contribution in [0.4, 0.5) is 5.82 Å². The molecule has 2 aromatic heterocycles. The fourth-order valence-corrected chi connectivity index (χ4v) is 5.97. The van der Waals surface area contributed by atoms with Crippen LogP contribution in [0.1, 0.15) is 64.4 Å². The molecule has 0 spiro atoms. The molecule has 4 rings (SSSR count). The molecule has 0 aromatic carbocycles. The Balaban J connectivity index is 1.80. The molecular weight excluding hydrogens is 440 g/mol. The van der Waals surface area contributed by atoms with E-state index in [4.69, 9.17) is 17.2 Å². The second-order valence-electron chi connectivity index (χ2n) is 8.41. The largest absolute Gasteiger partial charge is 0.356 e. The number of nitrogens with zero attached hydrogens (tertiary/aromatic N) is 4. The lowest BCUT2D eigenvalue weighted by atomic mass is 9.94. The average Bonchev–Trinajstić information content (AvgIpc) is 3.08. The Morgan fingerprint density at radius 3 is 2.56 bits per heavy atom. The first kappa shape index (κ1) is 23.0. The molecule has 1 aliphatic heterocycles. The fraction of sp³-hybridized carbons (Fsp3) is 0.500. The minimum Gasteiger partial charge on any atom is -0.356 e. The van der Waals surface area contributed by atoms with Crippen molar-refractivity contribution in [3.63, 3.8) is 0 Å². The first-order chi connectivity index (χ1) is 15.5. The number of amides is 1. The van der Waals surface area contributed by atoms with Crippen molar-refractivity contribution in [2.24, 2.45) is 0 Å². The van der Waals surface area contributed by atoms with Gasteiger partial charge in [0, 0.05) is 25.3 Å². The highest BCUT2D eigenvalue weighted by molar-refractivity contribution is 8.26. The Kier molecular flexibility index (Phi) is 7.30. The van der Waals surface area contributed by atoms with Crippen molar-refractivity contribution in [3.05, 3.63) is 45.2 Å². The van der Waals surface area contributed by atoms with E-state index in [0.717, 1.165) is 51.6 Å². The van der Waals surface area contributed by atoms with Gasteiger partial charge in [0.25, 0.3) is 11.5 Å². The molecule has 0 atom stereocenters. The lowest BCUT2D eigenvalue weighted by Gasteiger charge is -2.29. The number of thiocarbonyl (C=S) groups is 1. The summed E-state index contributed by atoms with van der Waals surface area (Å²) in [6, 6.07) is 5.71. The zero-order chi connectivity index (χ0) is 22.7. The summed E-state index contributed by atoms with van der Waals surface area (Å²) in [6.45, 7) is 5.83. The van der Waals surface area contributed by atoms with Crippen molar-refractivity contribution in [2.45, 2.75) is 64.8 Å². The van der Waals surface area contributed by atoms with Crippen LogP contribution in [0.5, 0.6) is 0 Å². The normalized spacial score (nSPS) is 18.8. The maximum absolute atomic E-state index is 13.5. The highest BCUT2D eigenvalue weighted by Crippen LogP contribution is 2.37. The van der Waals surface area contributed by atoms with Gasteiger partial charge in [0.1, 0.15) is 15.8 Å². The van der Waals surface area contributed by atoms with E-state index in [-0.39, 0.29) is 17.5 Å². The number of thioether (sulfide) groups is 1. The quantitative estimate of drug-likeness (QED) is 0.426. The molecular formula is C24H30N4O2S2. The molecule has 0 unspecified atom stereocenters.